The van der Waals surface area contributed by atoms with E-state index >= 15 is 0 Å². The molecule has 1 aliphatic rings. The van der Waals surface area contributed by atoms with E-state index in [2.05, 4.69) is 29.3 Å². The van der Waals surface area contributed by atoms with Crippen LogP contribution in [0.4, 0.5) is 5.69 Å². The summed E-state index contributed by atoms with van der Waals surface area (Å²) in [6.07, 6.45) is 6.56. The molecule has 1 atom stereocenters. The zero-order valence-electron chi connectivity index (χ0n) is 12.1. The molecule has 0 amide bonds. The minimum Gasteiger partial charge on any atom is -0.368 e. The Hall–Kier alpha value is -0.730. The highest BCUT2D eigenvalue weighted by atomic mass is 35.5. The van der Waals surface area contributed by atoms with Crippen molar-refractivity contribution in [2.24, 2.45) is 0 Å². The maximum atomic E-state index is 6.14. The summed E-state index contributed by atoms with van der Waals surface area (Å²) in [6, 6.07) is 7.03. The van der Waals surface area contributed by atoms with E-state index in [0.29, 0.717) is 6.04 Å². The Morgan fingerprint density at radius 3 is 2.95 bits per heavy atom. The summed E-state index contributed by atoms with van der Waals surface area (Å²) in [5.74, 6) is 0. The van der Waals surface area contributed by atoms with Crippen LogP contribution in [0.1, 0.15) is 44.6 Å². The number of benzene rings is 1. The molecule has 0 aromatic heterocycles. The fourth-order valence-corrected chi connectivity index (χ4v) is 3.31. The van der Waals surface area contributed by atoms with Gasteiger partial charge in [-0.2, -0.15) is 0 Å². The molecule has 1 fully saturated rings. The van der Waals surface area contributed by atoms with E-state index in [1.807, 2.05) is 13.1 Å². The minimum absolute atomic E-state index is 0.704. The van der Waals surface area contributed by atoms with Crippen LogP contribution >= 0.6 is 11.6 Å². The van der Waals surface area contributed by atoms with Crippen LogP contribution in [-0.4, -0.2) is 19.6 Å². The first-order valence-electron chi connectivity index (χ1n) is 7.46. The maximum Gasteiger partial charge on any atom is 0.0415 e. The number of anilines is 1. The second-order valence-electron chi connectivity index (χ2n) is 5.44. The average Bonchev–Trinajstić information content (AvgIpc) is 2.41. The summed E-state index contributed by atoms with van der Waals surface area (Å²) >= 11 is 6.14. The highest BCUT2D eigenvalue weighted by Gasteiger charge is 2.23. The van der Waals surface area contributed by atoms with Crippen molar-refractivity contribution in [1.82, 2.24) is 5.32 Å². The molecule has 2 nitrogen and oxygen atoms in total. The number of piperidine rings is 1. The summed E-state index contributed by atoms with van der Waals surface area (Å²) in [5, 5.41) is 4.08. The normalized spacial score (nSPS) is 19.7. The third-order valence-corrected chi connectivity index (χ3v) is 4.20. The number of hydrogen-bond donors (Lipinski definition) is 1. The number of halogens is 1. The lowest BCUT2D eigenvalue weighted by atomic mass is 9.96. The first-order chi connectivity index (χ1) is 9.26. The Kier molecular flexibility index (Phi) is 5.53. The maximum absolute atomic E-state index is 6.14. The smallest absolute Gasteiger partial charge is 0.0415 e. The van der Waals surface area contributed by atoms with E-state index < -0.39 is 0 Å². The molecular weight excluding hydrogens is 256 g/mol. The van der Waals surface area contributed by atoms with Gasteiger partial charge in [-0.25, -0.2) is 0 Å². The van der Waals surface area contributed by atoms with Gasteiger partial charge in [0.15, 0.2) is 0 Å². The van der Waals surface area contributed by atoms with Crippen molar-refractivity contribution >= 4 is 17.3 Å². The molecule has 1 heterocycles. The molecule has 0 spiro atoms. The van der Waals surface area contributed by atoms with Gasteiger partial charge in [-0.1, -0.05) is 24.9 Å². The summed E-state index contributed by atoms with van der Waals surface area (Å²) in [4.78, 5) is 2.61. The molecule has 1 unspecified atom stereocenters. The highest BCUT2D eigenvalue weighted by Crippen LogP contribution is 2.31. The summed E-state index contributed by atoms with van der Waals surface area (Å²) in [5.41, 5.74) is 2.69. The fraction of sp³-hybridized carbons (Fsp3) is 0.625. The van der Waals surface area contributed by atoms with Gasteiger partial charge in [0.2, 0.25) is 0 Å². The molecule has 1 aromatic rings. The monoisotopic (exact) mass is 280 g/mol. The molecule has 0 radical (unpaired) electrons. The third kappa shape index (κ3) is 3.64. The Morgan fingerprint density at radius 1 is 1.37 bits per heavy atom. The van der Waals surface area contributed by atoms with Crippen molar-refractivity contribution in [3.8, 4) is 0 Å². The summed E-state index contributed by atoms with van der Waals surface area (Å²) < 4.78 is 0. The molecule has 1 aliphatic heterocycles. The van der Waals surface area contributed by atoms with Crippen molar-refractivity contribution in [3.05, 3.63) is 28.8 Å². The Balaban J connectivity index is 2.27. The van der Waals surface area contributed by atoms with Crippen LogP contribution in [0.25, 0.3) is 0 Å². The molecule has 0 bridgehead atoms. The average molecular weight is 281 g/mol. The molecule has 0 aliphatic carbocycles. The van der Waals surface area contributed by atoms with Gasteiger partial charge in [0, 0.05) is 29.8 Å². The molecule has 2 rings (SSSR count). The summed E-state index contributed by atoms with van der Waals surface area (Å²) in [7, 11) is 1.99. The van der Waals surface area contributed by atoms with Crippen LogP contribution in [0, 0.1) is 0 Å². The molecule has 3 heteroatoms. The van der Waals surface area contributed by atoms with Crippen molar-refractivity contribution in [2.75, 3.05) is 18.5 Å². The van der Waals surface area contributed by atoms with Gasteiger partial charge < -0.3 is 10.2 Å². The molecular formula is C16H25ClN2. The third-order valence-electron chi connectivity index (χ3n) is 3.97. The van der Waals surface area contributed by atoms with Gasteiger partial charge in [0.25, 0.3) is 0 Å². The Morgan fingerprint density at radius 2 is 2.21 bits per heavy atom. The zero-order valence-corrected chi connectivity index (χ0v) is 12.8. The van der Waals surface area contributed by atoms with Gasteiger partial charge in [0.1, 0.15) is 0 Å². The van der Waals surface area contributed by atoms with Crippen LogP contribution in [0.5, 0.6) is 0 Å². The van der Waals surface area contributed by atoms with Crippen molar-refractivity contribution in [2.45, 2.75) is 51.6 Å². The van der Waals surface area contributed by atoms with Crippen molar-refractivity contribution < 1.29 is 0 Å². The van der Waals surface area contributed by atoms with Crippen molar-refractivity contribution in [1.29, 1.82) is 0 Å². The van der Waals surface area contributed by atoms with Crippen LogP contribution < -0.4 is 10.2 Å². The number of nitrogens with one attached hydrogen (secondary N) is 1. The quantitative estimate of drug-likeness (QED) is 0.869. The molecule has 1 aromatic carbocycles. The largest absolute Gasteiger partial charge is 0.368 e. The SMILES string of the molecule is CCCC1CCCCN1c1ccc(Cl)cc1CNC. The van der Waals surface area contributed by atoms with Crippen LogP contribution in [0.3, 0.4) is 0 Å². The van der Waals surface area contributed by atoms with Gasteiger partial charge in [-0.05, 0) is 56.5 Å². The van der Waals surface area contributed by atoms with Gasteiger partial charge >= 0.3 is 0 Å². The topological polar surface area (TPSA) is 15.3 Å². The Bertz CT molecular complexity index is 404. The molecule has 19 heavy (non-hydrogen) atoms. The minimum atomic E-state index is 0.704. The van der Waals surface area contributed by atoms with E-state index in [0.717, 1.165) is 11.6 Å². The first kappa shape index (κ1) is 14.7. The lowest BCUT2D eigenvalue weighted by molar-refractivity contribution is 0.433. The lowest BCUT2D eigenvalue weighted by Gasteiger charge is -2.39. The standard InChI is InChI=1S/C16H25ClN2/c1-3-6-15-7-4-5-10-19(15)16-9-8-14(17)11-13(16)12-18-2/h8-9,11,15,18H,3-7,10,12H2,1-2H3. The van der Waals surface area contributed by atoms with Crippen LogP contribution in [0.15, 0.2) is 18.2 Å². The predicted molar refractivity (Wildman–Crippen MR) is 84.1 cm³/mol. The zero-order chi connectivity index (χ0) is 13.7. The first-order valence-corrected chi connectivity index (χ1v) is 7.83. The number of nitrogens with zero attached hydrogens (tertiary/aromatic N) is 1. The van der Waals surface area contributed by atoms with Crippen molar-refractivity contribution in [3.63, 3.8) is 0 Å². The van der Waals surface area contributed by atoms with E-state index in [1.165, 1.54) is 49.9 Å². The van der Waals surface area contributed by atoms with Crippen LogP contribution in [0.2, 0.25) is 5.02 Å². The molecule has 1 saturated heterocycles. The molecule has 0 saturated carbocycles. The molecule has 106 valence electrons. The lowest BCUT2D eigenvalue weighted by Crippen LogP contribution is -2.40. The summed E-state index contributed by atoms with van der Waals surface area (Å²) in [6.45, 7) is 4.34. The Labute approximate surface area is 122 Å². The van der Waals surface area contributed by atoms with Gasteiger partial charge in [-0.3, -0.25) is 0 Å². The number of rotatable bonds is 5. The molecule has 1 N–H and O–H groups in total. The van der Waals surface area contributed by atoms with E-state index in [4.69, 9.17) is 11.6 Å². The number of hydrogen-bond acceptors (Lipinski definition) is 2. The fourth-order valence-electron chi connectivity index (χ4n) is 3.12. The predicted octanol–water partition coefficient (Wildman–Crippen LogP) is 4.22. The van der Waals surface area contributed by atoms with Gasteiger partial charge in [-0.15, -0.1) is 0 Å². The van der Waals surface area contributed by atoms with Gasteiger partial charge in [0.05, 0.1) is 0 Å². The second kappa shape index (κ2) is 7.16. The van der Waals surface area contributed by atoms with Crippen LogP contribution in [-0.2, 0) is 6.54 Å². The highest BCUT2D eigenvalue weighted by molar-refractivity contribution is 6.30. The van der Waals surface area contributed by atoms with E-state index in [-0.39, 0.29) is 0 Å². The second-order valence-corrected chi connectivity index (χ2v) is 5.87. The van der Waals surface area contributed by atoms with E-state index in [9.17, 15) is 0 Å². The van der Waals surface area contributed by atoms with E-state index in [1.54, 1.807) is 0 Å².